The van der Waals surface area contributed by atoms with Crippen LogP contribution < -0.4 is 15.9 Å². The number of unbranched alkanes of at least 4 members (excludes halogenated alkanes) is 6. The Morgan fingerprint density at radius 3 is 1.17 bits per heavy atom. The first kappa shape index (κ1) is 23.7. The van der Waals surface area contributed by atoms with Gasteiger partial charge in [0.2, 0.25) is 0 Å². The molecule has 3 aromatic carbocycles. The van der Waals surface area contributed by atoms with Crippen LogP contribution in [0.25, 0.3) is 0 Å². The summed E-state index contributed by atoms with van der Waals surface area (Å²) in [6, 6.07) is 33.5. The van der Waals surface area contributed by atoms with Crippen molar-refractivity contribution in [2.75, 3.05) is 11.5 Å². The molecule has 0 radical (unpaired) electrons. The second-order valence-electron chi connectivity index (χ2n) is 8.08. The number of benzene rings is 3. The molecular weight excluding hydrogens is 515 g/mol. The van der Waals surface area contributed by atoms with Crippen molar-refractivity contribution < 1.29 is 0 Å². The van der Waals surface area contributed by atoms with Gasteiger partial charge in [0, 0.05) is 0 Å². The molecule has 0 unspecified atom stereocenters. The van der Waals surface area contributed by atoms with E-state index in [0.717, 1.165) is 11.5 Å². The van der Waals surface area contributed by atoms with E-state index in [2.05, 4.69) is 122 Å². The van der Waals surface area contributed by atoms with Gasteiger partial charge < -0.3 is 0 Å². The molecule has 0 spiro atoms. The van der Waals surface area contributed by atoms with Gasteiger partial charge in [0.05, 0.1) is 0 Å². The Morgan fingerprint density at radius 1 is 0.467 bits per heavy atom. The summed E-state index contributed by atoms with van der Waals surface area (Å²) in [4.78, 5) is 0. The Bertz CT molecular complexity index is 766. The van der Waals surface area contributed by atoms with Crippen molar-refractivity contribution in [2.45, 2.75) is 44.9 Å². The molecule has 0 amide bonds. The standard InChI is InChI=1S/C27H33Br2P/c28-23-15-4-2-1-3-5-16-24-30(29,25-17-9-6-10-18-25,26-19-11-7-12-20-26)27-21-13-8-14-22-27/h6-14,17-22H,1-5,15-16,23-24H2. The van der Waals surface area contributed by atoms with Gasteiger partial charge in [-0.2, -0.15) is 0 Å². The van der Waals surface area contributed by atoms with Crippen molar-refractivity contribution in [1.82, 2.24) is 0 Å². The quantitative estimate of drug-likeness (QED) is 0.122. The number of alkyl halides is 1. The fourth-order valence-corrected chi connectivity index (χ4v) is 12.6. The predicted molar refractivity (Wildman–Crippen MR) is 145 cm³/mol. The molecule has 0 N–H and O–H groups in total. The summed E-state index contributed by atoms with van der Waals surface area (Å²) in [6.45, 7) is 0. The summed E-state index contributed by atoms with van der Waals surface area (Å²) < 4.78 is 0. The van der Waals surface area contributed by atoms with Crippen LogP contribution in [0.4, 0.5) is 0 Å². The van der Waals surface area contributed by atoms with E-state index in [1.807, 2.05) is 0 Å². The van der Waals surface area contributed by atoms with E-state index in [1.165, 1.54) is 60.9 Å². The molecule has 3 heteroatoms. The van der Waals surface area contributed by atoms with Gasteiger partial charge in [0.25, 0.3) is 0 Å². The van der Waals surface area contributed by atoms with Gasteiger partial charge in [0.1, 0.15) is 0 Å². The first-order valence-electron chi connectivity index (χ1n) is 11.2. The third-order valence-corrected chi connectivity index (χ3v) is 16.7. The van der Waals surface area contributed by atoms with Gasteiger partial charge in [-0.15, -0.1) is 0 Å². The molecule has 0 aliphatic rings. The Hall–Kier alpha value is -0.950. The van der Waals surface area contributed by atoms with E-state index in [9.17, 15) is 0 Å². The van der Waals surface area contributed by atoms with Crippen molar-refractivity contribution >= 4 is 52.6 Å². The summed E-state index contributed by atoms with van der Waals surface area (Å²) in [5, 5.41) is 2.71. The fourth-order valence-electron chi connectivity index (χ4n) is 4.44. The molecule has 0 aromatic heterocycles. The van der Waals surface area contributed by atoms with E-state index < -0.39 is 5.31 Å². The van der Waals surface area contributed by atoms with Crippen molar-refractivity contribution in [3.8, 4) is 0 Å². The number of hydrogen-bond acceptors (Lipinski definition) is 0. The molecular formula is C27H33Br2P. The van der Waals surface area contributed by atoms with E-state index in [-0.39, 0.29) is 0 Å². The Labute approximate surface area is 199 Å². The molecule has 0 heterocycles. The topological polar surface area (TPSA) is 0 Å². The molecule has 3 aromatic rings. The van der Waals surface area contributed by atoms with Gasteiger partial charge in [-0.1, -0.05) is 0 Å². The average molecular weight is 548 g/mol. The summed E-state index contributed by atoms with van der Waals surface area (Å²) in [7, 11) is 0. The second kappa shape index (κ2) is 11.6. The Kier molecular flexibility index (Phi) is 9.17. The zero-order valence-electron chi connectivity index (χ0n) is 17.7. The normalized spacial score (nSPS) is 12.9. The monoisotopic (exact) mass is 546 g/mol. The van der Waals surface area contributed by atoms with E-state index in [0.29, 0.717) is 0 Å². The van der Waals surface area contributed by atoms with Gasteiger partial charge in [-0.3, -0.25) is 0 Å². The molecule has 0 nitrogen and oxygen atoms in total. The summed E-state index contributed by atoms with van der Waals surface area (Å²) >= 11 is 8.08. The van der Waals surface area contributed by atoms with Crippen molar-refractivity contribution in [1.29, 1.82) is 0 Å². The van der Waals surface area contributed by atoms with Crippen LogP contribution in [0.15, 0.2) is 91.0 Å². The molecule has 0 saturated carbocycles. The molecule has 0 aliphatic carbocycles. The maximum atomic E-state index is 4.55. The van der Waals surface area contributed by atoms with E-state index >= 15 is 0 Å². The van der Waals surface area contributed by atoms with Crippen LogP contribution in [0.5, 0.6) is 0 Å². The SMILES string of the molecule is BrCCCCCCCCCP(Br)(c1ccccc1)(c1ccccc1)c1ccccc1. The number of hydrogen-bond donors (Lipinski definition) is 0. The third kappa shape index (κ3) is 5.26. The summed E-state index contributed by atoms with van der Waals surface area (Å²) in [5.41, 5.74) is 0. The molecule has 0 bridgehead atoms. The van der Waals surface area contributed by atoms with E-state index in [4.69, 9.17) is 0 Å². The van der Waals surface area contributed by atoms with Gasteiger partial charge >= 0.3 is 200 Å². The minimum atomic E-state index is -2.71. The second-order valence-corrected chi connectivity index (χ2v) is 17.9. The zero-order chi connectivity index (χ0) is 21.1. The number of halogens is 2. The zero-order valence-corrected chi connectivity index (χ0v) is 21.8. The predicted octanol–water partition coefficient (Wildman–Crippen LogP) is 7.95. The van der Waals surface area contributed by atoms with Crippen molar-refractivity contribution in [3.05, 3.63) is 91.0 Å². The van der Waals surface area contributed by atoms with Crippen LogP contribution in [0.3, 0.4) is 0 Å². The van der Waals surface area contributed by atoms with E-state index in [1.54, 1.807) is 0 Å². The minimum absolute atomic E-state index is 1.14. The molecule has 160 valence electrons. The maximum absolute atomic E-state index is 4.55. The van der Waals surface area contributed by atoms with Crippen LogP contribution in [0.2, 0.25) is 0 Å². The van der Waals surface area contributed by atoms with Gasteiger partial charge in [-0.25, -0.2) is 0 Å². The summed E-state index contributed by atoms with van der Waals surface area (Å²) in [6.07, 6.45) is 10.4. The molecule has 0 atom stereocenters. The summed E-state index contributed by atoms with van der Waals surface area (Å²) in [5.74, 6) is 0. The third-order valence-electron chi connectivity index (χ3n) is 6.10. The molecule has 0 aliphatic heterocycles. The molecule has 0 fully saturated rings. The first-order valence-corrected chi connectivity index (χ1v) is 16.7. The van der Waals surface area contributed by atoms with Crippen LogP contribution in [0, 0.1) is 0 Å². The van der Waals surface area contributed by atoms with Crippen LogP contribution in [0.1, 0.15) is 44.9 Å². The van der Waals surface area contributed by atoms with Crippen molar-refractivity contribution in [2.24, 2.45) is 0 Å². The Morgan fingerprint density at radius 2 is 0.800 bits per heavy atom. The van der Waals surface area contributed by atoms with Gasteiger partial charge in [-0.05, 0) is 0 Å². The fraction of sp³-hybridized carbons (Fsp3) is 0.333. The molecule has 0 saturated heterocycles. The average Bonchev–Trinajstić information content (AvgIpc) is 2.82. The number of rotatable bonds is 12. The Balaban J connectivity index is 1.92. The first-order chi connectivity index (χ1) is 14.7. The van der Waals surface area contributed by atoms with Crippen LogP contribution in [-0.2, 0) is 0 Å². The molecule has 3 rings (SSSR count). The van der Waals surface area contributed by atoms with Crippen LogP contribution >= 0.6 is 36.7 Å². The molecule has 30 heavy (non-hydrogen) atoms. The van der Waals surface area contributed by atoms with Crippen LogP contribution in [-0.4, -0.2) is 11.5 Å². The van der Waals surface area contributed by atoms with Crippen molar-refractivity contribution in [3.63, 3.8) is 0 Å². The van der Waals surface area contributed by atoms with Gasteiger partial charge in [0.15, 0.2) is 0 Å².